The number of amides is 2. The van der Waals surface area contributed by atoms with Crippen molar-refractivity contribution in [3.8, 4) is 22.8 Å². The van der Waals surface area contributed by atoms with Crippen molar-refractivity contribution in [2.75, 3.05) is 23.8 Å². The quantitative estimate of drug-likeness (QED) is 0.646. The molecule has 0 spiro atoms. The van der Waals surface area contributed by atoms with Crippen LogP contribution in [-0.2, 0) is 9.59 Å². The standard InChI is InChI=1S/C22H19ClN4O4/c1-12-20(13-2-4-14(23)5-3-13)26-27-16(22(29)25-21(12)27)11-19(28)24-15-6-7-17-18(10-15)31-9-8-30-17/h2-7,10,16H,8-9,11H2,1H3,(H,24,28)(H,25,29). The monoisotopic (exact) mass is 438 g/mol. The van der Waals surface area contributed by atoms with Crippen LogP contribution in [0.5, 0.6) is 11.5 Å². The van der Waals surface area contributed by atoms with Crippen molar-refractivity contribution in [1.82, 2.24) is 9.78 Å². The number of carbonyl (C=O) groups is 2. The third kappa shape index (κ3) is 3.59. The highest BCUT2D eigenvalue weighted by atomic mass is 35.5. The zero-order chi connectivity index (χ0) is 21.5. The van der Waals surface area contributed by atoms with E-state index in [0.29, 0.717) is 41.2 Å². The Balaban J connectivity index is 1.35. The Morgan fingerprint density at radius 3 is 2.71 bits per heavy atom. The molecule has 2 amide bonds. The van der Waals surface area contributed by atoms with Crippen LogP contribution in [0, 0.1) is 6.92 Å². The second kappa shape index (κ2) is 7.63. The Morgan fingerprint density at radius 2 is 1.94 bits per heavy atom. The van der Waals surface area contributed by atoms with Crippen LogP contribution in [0.25, 0.3) is 11.3 Å². The van der Waals surface area contributed by atoms with E-state index in [9.17, 15) is 9.59 Å². The average molecular weight is 439 g/mol. The van der Waals surface area contributed by atoms with Crippen LogP contribution in [0.3, 0.4) is 0 Å². The SMILES string of the molecule is Cc1c(-c2ccc(Cl)cc2)nn2c1NC(=O)C2CC(=O)Nc1ccc2c(c1)OCCO2. The molecule has 0 saturated heterocycles. The third-order valence-corrected chi connectivity index (χ3v) is 5.56. The summed E-state index contributed by atoms with van der Waals surface area (Å²) in [5, 5.41) is 10.9. The average Bonchev–Trinajstić information content (AvgIpc) is 3.24. The molecular weight excluding hydrogens is 420 g/mol. The van der Waals surface area contributed by atoms with E-state index < -0.39 is 6.04 Å². The van der Waals surface area contributed by atoms with Gasteiger partial charge in [-0.25, -0.2) is 4.68 Å². The van der Waals surface area contributed by atoms with E-state index in [-0.39, 0.29) is 18.2 Å². The topological polar surface area (TPSA) is 94.5 Å². The summed E-state index contributed by atoms with van der Waals surface area (Å²) >= 11 is 5.98. The van der Waals surface area contributed by atoms with Crippen LogP contribution in [0.4, 0.5) is 11.5 Å². The first-order valence-corrected chi connectivity index (χ1v) is 10.2. The Kier molecular flexibility index (Phi) is 4.78. The molecule has 0 saturated carbocycles. The minimum absolute atomic E-state index is 0.0472. The van der Waals surface area contributed by atoms with Gasteiger partial charge in [-0.05, 0) is 31.2 Å². The number of fused-ring (bicyclic) bond motifs is 2. The van der Waals surface area contributed by atoms with Crippen LogP contribution < -0.4 is 20.1 Å². The number of carbonyl (C=O) groups excluding carboxylic acids is 2. The van der Waals surface area contributed by atoms with E-state index >= 15 is 0 Å². The highest BCUT2D eigenvalue weighted by Gasteiger charge is 2.35. The molecule has 31 heavy (non-hydrogen) atoms. The Bertz CT molecular complexity index is 1190. The Morgan fingerprint density at radius 1 is 1.19 bits per heavy atom. The third-order valence-electron chi connectivity index (χ3n) is 5.31. The second-order valence-corrected chi connectivity index (χ2v) is 7.83. The van der Waals surface area contributed by atoms with Gasteiger partial charge in [0, 0.05) is 27.9 Å². The summed E-state index contributed by atoms with van der Waals surface area (Å²) < 4.78 is 12.6. The number of aromatic nitrogens is 2. The van der Waals surface area contributed by atoms with Crippen molar-refractivity contribution < 1.29 is 19.1 Å². The van der Waals surface area contributed by atoms with Crippen molar-refractivity contribution in [2.24, 2.45) is 0 Å². The van der Waals surface area contributed by atoms with Gasteiger partial charge in [-0.3, -0.25) is 9.59 Å². The van der Waals surface area contributed by atoms with Crippen molar-refractivity contribution >= 4 is 34.9 Å². The van der Waals surface area contributed by atoms with Crippen molar-refractivity contribution in [3.63, 3.8) is 0 Å². The van der Waals surface area contributed by atoms with Gasteiger partial charge in [0.1, 0.15) is 25.1 Å². The number of benzene rings is 2. The number of nitrogens with zero attached hydrogens (tertiary/aromatic N) is 2. The van der Waals surface area contributed by atoms with Crippen LogP contribution in [0.1, 0.15) is 18.0 Å². The maximum absolute atomic E-state index is 12.7. The molecule has 5 rings (SSSR count). The lowest BCUT2D eigenvalue weighted by molar-refractivity contribution is -0.123. The molecule has 2 aromatic carbocycles. The van der Waals surface area contributed by atoms with Crippen LogP contribution >= 0.6 is 11.6 Å². The van der Waals surface area contributed by atoms with Gasteiger partial charge < -0.3 is 20.1 Å². The molecule has 0 fully saturated rings. The fraction of sp³-hybridized carbons (Fsp3) is 0.227. The molecule has 2 aliphatic rings. The lowest BCUT2D eigenvalue weighted by Gasteiger charge is -2.19. The van der Waals surface area contributed by atoms with Crippen LogP contribution in [0.15, 0.2) is 42.5 Å². The maximum atomic E-state index is 12.7. The molecule has 3 aromatic rings. The maximum Gasteiger partial charge on any atom is 0.251 e. The minimum atomic E-state index is -0.730. The zero-order valence-electron chi connectivity index (χ0n) is 16.6. The predicted molar refractivity (Wildman–Crippen MR) is 116 cm³/mol. The summed E-state index contributed by atoms with van der Waals surface area (Å²) in [6, 6.07) is 11.8. The minimum Gasteiger partial charge on any atom is -0.486 e. The molecule has 2 aliphatic heterocycles. The largest absolute Gasteiger partial charge is 0.486 e. The molecule has 158 valence electrons. The lowest BCUT2D eigenvalue weighted by atomic mass is 10.1. The number of rotatable bonds is 4. The normalized spacial score (nSPS) is 16.6. The molecule has 3 heterocycles. The van der Waals surface area contributed by atoms with Gasteiger partial charge in [-0.2, -0.15) is 5.10 Å². The van der Waals surface area contributed by atoms with Gasteiger partial charge in [-0.1, -0.05) is 23.7 Å². The van der Waals surface area contributed by atoms with Gasteiger partial charge in [0.25, 0.3) is 5.91 Å². The first-order chi connectivity index (χ1) is 15.0. The van der Waals surface area contributed by atoms with Gasteiger partial charge in [0.15, 0.2) is 11.5 Å². The highest BCUT2D eigenvalue weighted by Crippen LogP contribution is 2.36. The molecule has 9 heteroatoms. The highest BCUT2D eigenvalue weighted by molar-refractivity contribution is 6.30. The smallest absolute Gasteiger partial charge is 0.251 e. The molecule has 0 aliphatic carbocycles. The van der Waals surface area contributed by atoms with E-state index in [2.05, 4.69) is 15.7 Å². The molecular formula is C22H19ClN4O4. The van der Waals surface area contributed by atoms with Crippen molar-refractivity contribution in [3.05, 3.63) is 53.1 Å². The Labute approximate surface area is 183 Å². The van der Waals surface area contributed by atoms with E-state index in [1.54, 1.807) is 35.0 Å². The summed E-state index contributed by atoms with van der Waals surface area (Å²) in [6.45, 7) is 2.85. The van der Waals surface area contributed by atoms with Crippen LogP contribution in [0.2, 0.25) is 5.02 Å². The van der Waals surface area contributed by atoms with Crippen molar-refractivity contribution in [2.45, 2.75) is 19.4 Å². The fourth-order valence-electron chi connectivity index (χ4n) is 3.77. The molecule has 0 radical (unpaired) electrons. The predicted octanol–water partition coefficient (Wildman–Crippen LogP) is 3.81. The number of nitrogens with one attached hydrogen (secondary N) is 2. The first-order valence-electron chi connectivity index (χ1n) is 9.85. The summed E-state index contributed by atoms with van der Waals surface area (Å²) in [5.74, 6) is 1.27. The fourth-order valence-corrected chi connectivity index (χ4v) is 3.90. The van der Waals surface area contributed by atoms with Gasteiger partial charge in [0.05, 0.1) is 12.1 Å². The summed E-state index contributed by atoms with van der Waals surface area (Å²) in [4.78, 5) is 25.2. The summed E-state index contributed by atoms with van der Waals surface area (Å²) in [6.07, 6.45) is -0.0472. The number of hydrogen-bond acceptors (Lipinski definition) is 5. The van der Waals surface area contributed by atoms with Gasteiger partial charge >= 0.3 is 0 Å². The molecule has 2 N–H and O–H groups in total. The number of anilines is 2. The van der Waals surface area contributed by atoms with Gasteiger partial charge in [0.2, 0.25) is 5.91 Å². The Hall–Kier alpha value is -3.52. The first kappa shape index (κ1) is 19.4. The van der Waals surface area contributed by atoms with E-state index in [0.717, 1.165) is 16.8 Å². The molecule has 1 aromatic heterocycles. The van der Waals surface area contributed by atoms with Crippen LogP contribution in [-0.4, -0.2) is 34.8 Å². The summed E-state index contributed by atoms with van der Waals surface area (Å²) in [5.41, 5.74) is 3.04. The molecule has 1 unspecified atom stereocenters. The molecule has 8 nitrogen and oxygen atoms in total. The van der Waals surface area contributed by atoms with E-state index in [4.69, 9.17) is 21.1 Å². The van der Waals surface area contributed by atoms with Crippen molar-refractivity contribution in [1.29, 1.82) is 0 Å². The zero-order valence-corrected chi connectivity index (χ0v) is 17.4. The second-order valence-electron chi connectivity index (χ2n) is 7.39. The van der Waals surface area contributed by atoms with E-state index in [1.807, 2.05) is 19.1 Å². The van der Waals surface area contributed by atoms with E-state index in [1.165, 1.54) is 0 Å². The molecule has 0 bridgehead atoms. The number of ether oxygens (including phenoxy) is 2. The lowest BCUT2D eigenvalue weighted by Crippen LogP contribution is -2.24. The summed E-state index contributed by atoms with van der Waals surface area (Å²) in [7, 11) is 0. The molecule has 1 atom stereocenters. The number of hydrogen-bond donors (Lipinski definition) is 2. The van der Waals surface area contributed by atoms with Gasteiger partial charge in [-0.15, -0.1) is 0 Å². The number of halogens is 1.